The zero-order chi connectivity index (χ0) is 17.5. The van der Waals surface area contributed by atoms with Gasteiger partial charge >= 0.3 is 6.03 Å². The van der Waals surface area contributed by atoms with E-state index in [0.29, 0.717) is 18.0 Å². The molecule has 0 unspecified atom stereocenters. The number of anilines is 2. The van der Waals surface area contributed by atoms with E-state index in [1.807, 2.05) is 32.0 Å². The molecule has 0 aromatic heterocycles. The highest BCUT2D eigenvalue weighted by molar-refractivity contribution is 5.92. The topological polar surface area (TPSA) is 93.4 Å². The molecule has 0 atom stereocenters. The predicted molar refractivity (Wildman–Crippen MR) is 94.3 cm³/mol. The fourth-order valence-corrected chi connectivity index (χ4v) is 2.14. The van der Waals surface area contributed by atoms with Crippen LogP contribution >= 0.6 is 0 Å². The average Bonchev–Trinajstić information content (AvgIpc) is 2.53. The molecule has 6 heteroatoms. The van der Waals surface area contributed by atoms with Gasteiger partial charge in [-0.1, -0.05) is 12.1 Å². The summed E-state index contributed by atoms with van der Waals surface area (Å²) >= 11 is 0. The van der Waals surface area contributed by atoms with E-state index in [2.05, 4.69) is 10.6 Å². The summed E-state index contributed by atoms with van der Waals surface area (Å²) in [7, 11) is 0. The molecule has 0 fully saturated rings. The van der Waals surface area contributed by atoms with E-state index in [9.17, 15) is 9.59 Å². The van der Waals surface area contributed by atoms with Crippen LogP contribution in [0.25, 0.3) is 0 Å². The minimum atomic E-state index is -0.629. The summed E-state index contributed by atoms with van der Waals surface area (Å²) in [5.41, 5.74) is 8.47. The summed E-state index contributed by atoms with van der Waals surface area (Å²) < 4.78 is 5.67. The van der Waals surface area contributed by atoms with E-state index in [-0.39, 0.29) is 12.3 Å². The standard InChI is InChI=1S/C18H21N3O3/c1-12-4-3-5-16(13(12)2)24-11-10-17(22)20-14-6-8-15(9-7-14)21-18(19)23/h3-9H,10-11H2,1-2H3,(H,20,22)(H3,19,21,23). The van der Waals surface area contributed by atoms with Crippen LogP contribution in [-0.2, 0) is 4.79 Å². The zero-order valence-electron chi connectivity index (χ0n) is 13.8. The number of rotatable bonds is 6. The van der Waals surface area contributed by atoms with Crippen molar-refractivity contribution in [1.82, 2.24) is 0 Å². The van der Waals surface area contributed by atoms with Gasteiger partial charge in [-0.2, -0.15) is 0 Å². The van der Waals surface area contributed by atoms with Gasteiger partial charge in [0.1, 0.15) is 5.75 Å². The van der Waals surface area contributed by atoms with Crippen LogP contribution in [0, 0.1) is 13.8 Å². The minimum absolute atomic E-state index is 0.143. The van der Waals surface area contributed by atoms with Gasteiger partial charge in [-0.25, -0.2) is 4.79 Å². The van der Waals surface area contributed by atoms with Crippen molar-refractivity contribution in [2.45, 2.75) is 20.3 Å². The van der Waals surface area contributed by atoms with Crippen molar-refractivity contribution in [2.75, 3.05) is 17.2 Å². The number of nitrogens with two attached hydrogens (primary N) is 1. The van der Waals surface area contributed by atoms with E-state index < -0.39 is 6.03 Å². The number of primary amides is 1. The first-order valence-corrected chi connectivity index (χ1v) is 7.61. The van der Waals surface area contributed by atoms with E-state index in [4.69, 9.17) is 10.5 Å². The molecule has 0 saturated carbocycles. The second-order valence-corrected chi connectivity index (χ2v) is 5.41. The van der Waals surface area contributed by atoms with Crippen LogP contribution < -0.4 is 21.1 Å². The Morgan fingerprint density at radius 1 is 1.00 bits per heavy atom. The minimum Gasteiger partial charge on any atom is -0.493 e. The summed E-state index contributed by atoms with van der Waals surface area (Å²) in [6, 6.07) is 11.9. The Morgan fingerprint density at radius 3 is 2.25 bits per heavy atom. The molecule has 0 aliphatic heterocycles. The molecule has 2 aromatic carbocycles. The van der Waals surface area contributed by atoms with Gasteiger partial charge in [-0.3, -0.25) is 4.79 Å². The van der Waals surface area contributed by atoms with Crippen molar-refractivity contribution >= 4 is 23.3 Å². The number of hydrogen-bond donors (Lipinski definition) is 3. The molecule has 0 spiro atoms. The first kappa shape index (κ1) is 17.3. The number of amides is 3. The van der Waals surface area contributed by atoms with Gasteiger partial charge in [0.2, 0.25) is 5.91 Å². The lowest BCUT2D eigenvalue weighted by Crippen LogP contribution is -2.19. The second-order valence-electron chi connectivity index (χ2n) is 5.41. The summed E-state index contributed by atoms with van der Waals surface area (Å²) in [5.74, 6) is 0.653. The van der Waals surface area contributed by atoms with Crippen LogP contribution in [0.1, 0.15) is 17.5 Å². The molecule has 0 heterocycles. The Balaban J connectivity index is 1.81. The molecule has 126 valence electrons. The molecule has 3 amide bonds. The lowest BCUT2D eigenvalue weighted by Gasteiger charge is -2.11. The molecule has 2 aromatic rings. The van der Waals surface area contributed by atoms with Crippen molar-refractivity contribution in [3.8, 4) is 5.75 Å². The summed E-state index contributed by atoms with van der Waals surface area (Å²) in [5, 5.41) is 5.23. The predicted octanol–water partition coefficient (Wildman–Crippen LogP) is 3.20. The average molecular weight is 327 g/mol. The zero-order valence-corrected chi connectivity index (χ0v) is 13.8. The second kappa shape index (κ2) is 8.01. The number of ether oxygens (including phenoxy) is 1. The third-order valence-electron chi connectivity index (χ3n) is 3.58. The van der Waals surface area contributed by atoms with Crippen LogP contribution in [-0.4, -0.2) is 18.5 Å². The molecular formula is C18H21N3O3. The van der Waals surface area contributed by atoms with E-state index >= 15 is 0 Å². The molecule has 0 aliphatic rings. The Labute approximate surface area is 141 Å². The van der Waals surface area contributed by atoms with Crippen molar-refractivity contribution in [3.05, 3.63) is 53.6 Å². The van der Waals surface area contributed by atoms with Crippen LogP contribution in [0.2, 0.25) is 0 Å². The van der Waals surface area contributed by atoms with Crippen LogP contribution in [0.3, 0.4) is 0 Å². The van der Waals surface area contributed by atoms with Crippen molar-refractivity contribution in [2.24, 2.45) is 5.73 Å². The van der Waals surface area contributed by atoms with Gasteiger partial charge in [0.15, 0.2) is 0 Å². The summed E-state index contributed by atoms with van der Waals surface area (Å²) in [4.78, 5) is 22.7. The maximum atomic E-state index is 11.9. The third-order valence-corrected chi connectivity index (χ3v) is 3.58. The van der Waals surface area contributed by atoms with E-state index in [0.717, 1.165) is 16.9 Å². The molecule has 2 rings (SSSR count). The molecular weight excluding hydrogens is 306 g/mol. The van der Waals surface area contributed by atoms with Gasteiger partial charge in [0.25, 0.3) is 0 Å². The summed E-state index contributed by atoms with van der Waals surface area (Å²) in [6.45, 7) is 4.31. The molecule has 0 bridgehead atoms. The normalized spacial score (nSPS) is 10.1. The fourth-order valence-electron chi connectivity index (χ4n) is 2.14. The van der Waals surface area contributed by atoms with Crippen LogP contribution in [0.5, 0.6) is 5.75 Å². The van der Waals surface area contributed by atoms with Crippen molar-refractivity contribution < 1.29 is 14.3 Å². The molecule has 0 saturated heterocycles. The van der Waals surface area contributed by atoms with E-state index in [1.165, 1.54) is 0 Å². The Kier molecular flexibility index (Phi) is 5.78. The molecule has 0 radical (unpaired) electrons. The first-order valence-electron chi connectivity index (χ1n) is 7.61. The monoisotopic (exact) mass is 327 g/mol. The summed E-state index contributed by atoms with van der Waals surface area (Å²) in [6.07, 6.45) is 0.245. The fraction of sp³-hybridized carbons (Fsp3) is 0.222. The maximum absolute atomic E-state index is 11.9. The number of carbonyl (C=O) groups is 2. The smallest absolute Gasteiger partial charge is 0.316 e. The third kappa shape index (κ3) is 5.01. The largest absolute Gasteiger partial charge is 0.493 e. The SMILES string of the molecule is Cc1cccc(OCCC(=O)Nc2ccc(NC(N)=O)cc2)c1C. The van der Waals surface area contributed by atoms with E-state index in [1.54, 1.807) is 24.3 Å². The molecule has 6 nitrogen and oxygen atoms in total. The number of benzene rings is 2. The number of hydrogen-bond acceptors (Lipinski definition) is 3. The van der Waals surface area contributed by atoms with Crippen LogP contribution in [0.15, 0.2) is 42.5 Å². The molecule has 24 heavy (non-hydrogen) atoms. The maximum Gasteiger partial charge on any atom is 0.316 e. The van der Waals surface area contributed by atoms with Crippen molar-refractivity contribution in [1.29, 1.82) is 0 Å². The highest BCUT2D eigenvalue weighted by atomic mass is 16.5. The van der Waals surface area contributed by atoms with Gasteiger partial charge in [-0.05, 0) is 55.3 Å². The Bertz CT molecular complexity index is 727. The number of aryl methyl sites for hydroxylation is 1. The number of carbonyl (C=O) groups excluding carboxylic acids is 2. The highest BCUT2D eigenvalue weighted by Crippen LogP contribution is 2.20. The lowest BCUT2D eigenvalue weighted by molar-refractivity contribution is -0.116. The van der Waals surface area contributed by atoms with Gasteiger partial charge in [-0.15, -0.1) is 0 Å². The van der Waals surface area contributed by atoms with Crippen molar-refractivity contribution in [3.63, 3.8) is 0 Å². The Hall–Kier alpha value is -3.02. The number of nitrogens with one attached hydrogen (secondary N) is 2. The number of urea groups is 1. The first-order chi connectivity index (χ1) is 11.5. The quantitative estimate of drug-likeness (QED) is 0.760. The van der Waals surface area contributed by atoms with Gasteiger partial charge in [0, 0.05) is 11.4 Å². The Morgan fingerprint density at radius 2 is 1.62 bits per heavy atom. The highest BCUT2D eigenvalue weighted by Gasteiger charge is 2.06. The molecule has 4 N–H and O–H groups in total. The van der Waals surface area contributed by atoms with Crippen LogP contribution in [0.4, 0.5) is 16.2 Å². The van der Waals surface area contributed by atoms with Gasteiger partial charge in [0.05, 0.1) is 13.0 Å². The van der Waals surface area contributed by atoms with Gasteiger partial charge < -0.3 is 21.1 Å². The lowest BCUT2D eigenvalue weighted by atomic mass is 10.1. The molecule has 0 aliphatic carbocycles.